The number of halogens is 2. The molecule has 0 unspecified atom stereocenters. The monoisotopic (exact) mass is 336 g/mol. The molecule has 4 nitrogen and oxygen atoms in total. The fourth-order valence-electron chi connectivity index (χ4n) is 2.02. The van der Waals surface area contributed by atoms with Gasteiger partial charge in [-0.15, -0.1) is 12.4 Å². The van der Waals surface area contributed by atoms with Crippen LogP contribution in [0, 0.1) is 5.41 Å². The zero-order valence-corrected chi connectivity index (χ0v) is 12.7. The third kappa shape index (κ3) is 4.00. The summed E-state index contributed by atoms with van der Waals surface area (Å²) in [6.07, 6.45) is 2.18. The first-order valence-corrected chi connectivity index (χ1v) is 6.63. The number of hydrogen-bond acceptors (Lipinski definition) is 3. The van der Waals surface area contributed by atoms with Crippen LogP contribution < -0.4 is 10.6 Å². The van der Waals surface area contributed by atoms with Crippen LogP contribution in [-0.2, 0) is 0 Å². The molecule has 0 atom stereocenters. The van der Waals surface area contributed by atoms with Crippen LogP contribution in [0.5, 0.6) is 0 Å². The summed E-state index contributed by atoms with van der Waals surface area (Å²) in [6, 6.07) is 3.39. The lowest BCUT2D eigenvalue weighted by Gasteiger charge is -2.33. The standard InChI is InChI=1S/C12H17BrN2O2.ClH/c1-12(4-6-14-7-5-12)8-15-11(16)9-2-3-10(13)17-9;/h2-3,14H,4-8H2,1H3,(H,15,16);1H. The molecule has 102 valence electrons. The van der Waals surface area contributed by atoms with Crippen LogP contribution in [0.25, 0.3) is 0 Å². The fourth-order valence-corrected chi connectivity index (χ4v) is 2.33. The molecular formula is C12H18BrClN2O2. The molecule has 2 heterocycles. The Kier molecular flexibility index (Phi) is 5.69. The molecule has 6 heteroatoms. The maximum Gasteiger partial charge on any atom is 0.287 e. The average molecular weight is 338 g/mol. The van der Waals surface area contributed by atoms with Gasteiger partial charge in [0.15, 0.2) is 10.4 Å². The number of amides is 1. The molecule has 0 saturated carbocycles. The van der Waals surface area contributed by atoms with Crippen molar-refractivity contribution in [1.29, 1.82) is 0 Å². The third-order valence-electron chi connectivity index (χ3n) is 3.28. The van der Waals surface area contributed by atoms with Gasteiger partial charge in [0.1, 0.15) is 0 Å². The van der Waals surface area contributed by atoms with Gasteiger partial charge < -0.3 is 15.1 Å². The first-order valence-electron chi connectivity index (χ1n) is 5.83. The van der Waals surface area contributed by atoms with E-state index in [9.17, 15) is 4.79 Å². The van der Waals surface area contributed by atoms with Crippen LogP contribution in [0.1, 0.15) is 30.3 Å². The highest BCUT2D eigenvalue weighted by Crippen LogP contribution is 2.26. The van der Waals surface area contributed by atoms with E-state index in [2.05, 4.69) is 33.5 Å². The van der Waals surface area contributed by atoms with Gasteiger partial charge in [-0.3, -0.25) is 4.79 Å². The second-order valence-corrected chi connectivity index (χ2v) is 5.63. The zero-order chi connectivity index (χ0) is 12.3. The lowest BCUT2D eigenvalue weighted by atomic mass is 9.81. The van der Waals surface area contributed by atoms with E-state index in [4.69, 9.17) is 4.42 Å². The summed E-state index contributed by atoms with van der Waals surface area (Å²) >= 11 is 3.18. The minimum Gasteiger partial charge on any atom is -0.444 e. The number of carbonyl (C=O) groups excluding carboxylic acids is 1. The van der Waals surface area contributed by atoms with Gasteiger partial charge in [0, 0.05) is 6.54 Å². The van der Waals surface area contributed by atoms with Gasteiger partial charge >= 0.3 is 0 Å². The Balaban J connectivity index is 0.00000162. The summed E-state index contributed by atoms with van der Waals surface area (Å²) in [5.74, 6) is 0.213. The molecular weight excluding hydrogens is 320 g/mol. The van der Waals surface area contributed by atoms with Gasteiger partial charge in [-0.05, 0) is 59.4 Å². The van der Waals surface area contributed by atoms with Crippen molar-refractivity contribution in [3.63, 3.8) is 0 Å². The highest BCUT2D eigenvalue weighted by atomic mass is 79.9. The second kappa shape index (κ2) is 6.59. The lowest BCUT2D eigenvalue weighted by molar-refractivity contribution is 0.0893. The summed E-state index contributed by atoms with van der Waals surface area (Å²) in [7, 11) is 0. The summed E-state index contributed by atoms with van der Waals surface area (Å²) in [6.45, 7) is 4.97. The summed E-state index contributed by atoms with van der Waals surface area (Å²) < 4.78 is 5.79. The van der Waals surface area contributed by atoms with Gasteiger partial charge in [0.05, 0.1) is 0 Å². The molecule has 1 aliphatic heterocycles. The molecule has 1 saturated heterocycles. The second-order valence-electron chi connectivity index (χ2n) is 4.85. The highest BCUT2D eigenvalue weighted by molar-refractivity contribution is 9.10. The van der Waals surface area contributed by atoms with Crippen molar-refractivity contribution in [2.75, 3.05) is 19.6 Å². The minimum atomic E-state index is -0.143. The van der Waals surface area contributed by atoms with Crippen molar-refractivity contribution in [1.82, 2.24) is 10.6 Å². The van der Waals surface area contributed by atoms with Gasteiger partial charge in [-0.1, -0.05) is 6.92 Å². The predicted molar refractivity (Wildman–Crippen MR) is 76.2 cm³/mol. The summed E-state index contributed by atoms with van der Waals surface area (Å²) in [4.78, 5) is 11.8. The Morgan fingerprint density at radius 1 is 1.50 bits per heavy atom. The molecule has 1 aromatic rings. The zero-order valence-electron chi connectivity index (χ0n) is 10.3. The Hall–Kier alpha value is -0.520. The van der Waals surface area contributed by atoms with E-state index < -0.39 is 0 Å². The number of carbonyl (C=O) groups is 1. The van der Waals surface area contributed by atoms with Crippen molar-refractivity contribution in [2.45, 2.75) is 19.8 Å². The van der Waals surface area contributed by atoms with Crippen molar-refractivity contribution in [3.8, 4) is 0 Å². The summed E-state index contributed by atoms with van der Waals surface area (Å²) in [5, 5.41) is 6.27. The SMILES string of the molecule is CC1(CNC(=O)c2ccc(Br)o2)CCNCC1.Cl. The average Bonchev–Trinajstić information content (AvgIpc) is 2.74. The Labute approximate surface area is 121 Å². The molecule has 0 aliphatic carbocycles. The van der Waals surface area contributed by atoms with E-state index in [1.165, 1.54) is 0 Å². The first kappa shape index (κ1) is 15.5. The van der Waals surface area contributed by atoms with Gasteiger partial charge in [-0.2, -0.15) is 0 Å². The molecule has 0 bridgehead atoms. The van der Waals surface area contributed by atoms with Crippen LogP contribution in [0.3, 0.4) is 0 Å². The number of hydrogen-bond donors (Lipinski definition) is 2. The molecule has 2 rings (SSSR count). The topological polar surface area (TPSA) is 54.3 Å². The first-order chi connectivity index (χ1) is 8.09. The molecule has 18 heavy (non-hydrogen) atoms. The van der Waals surface area contributed by atoms with Crippen molar-refractivity contribution >= 4 is 34.2 Å². The largest absolute Gasteiger partial charge is 0.444 e. The quantitative estimate of drug-likeness (QED) is 0.891. The van der Waals surface area contributed by atoms with Crippen LogP contribution in [-0.4, -0.2) is 25.5 Å². The van der Waals surface area contributed by atoms with E-state index in [0.717, 1.165) is 25.9 Å². The van der Waals surface area contributed by atoms with E-state index in [1.54, 1.807) is 12.1 Å². The Morgan fingerprint density at radius 3 is 2.72 bits per heavy atom. The molecule has 1 fully saturated rings. The molecule has 1 amide bonds. The Bertz CT molecular complexity index is 403. The molecule has 0 radical (unpaired) electrons. The molecule has 1 aliphatic rings. The Morgan fingerprint density at radius 2 is 2.17 bits per heavy atom. The minimum absolute atomic E-state index is 0. The number of piperidine rings is 1. The van der Waals surface area contributed by atoms with Crippen molar-refractivity contribution < 1.29 is 9.21 Å². The number of nitrogens with one attached hydrogen (secondary N) is 2. The number of furan rings is 1. The van der Waals surface area contributed by atoms with Gasteiger partial charge in [-0.25, -0.2) is 0 Å². The predicted octanol–water partition coefficient (Wildman–Crippen LogP) is 2.58. The molecule has 1 aromatic heterocycles. The molecule has 0 spiro atoms. The van der Waals surface area contributed by atoms with Crippen molar-refractivity contribution in [3.05, 3.63) is 22.6 Å². The lowest BCUT2D eigenvalue weighted by Crippen LogP contribution is -2.42. The summed E-state index contributed by atoms with van der Waals surface area (Å²) in [5.41, 5.74) is 0.199. The normalized spacial score (nSPS) is 17.9. The van der Waals surface area contributed by atoms with Crippen molar-refractivity contribution in [2.24, 2.45) is 5.41 Å². The molecule has 2 N–H and O–H groups in total. The highest BCUT2D eigenvalue weighted by Gasteiger charge is 2.27. The number of rotatable bonds is 3. The van der Waals surface area contributed by atoms with E-state index in [-0.39, 0.29) is 23.7 Å². The van der Waals surface area contributed by atoms with Gasteiger partial charge in [0.25, 0.3) is 5.91 Å². The van der Waals surface area contributed by atoms with E-state index in [0.29, 0.717) is 17.0 Å². The van der Waals surface area contributed by atoms with Crippen LogP contribution in [0.4, 0.5) is 0 Å². The maximum atomic E-state index is 11.8. The fraction of sp³-hybridized carbons (Fsp3) is 0.583. The van der Waals surface area contributed by atoms with Crippen LogP contribution in [0.15, 0.2) is 21.2 Å². The maximum absolute atomic E-state index is 11.8. The third-order valence-corrected chi connectivity index (χ3v) is 3.71. The van der Waals surface area contributed by atoms with E-state index in [1.807, 2.05) is 0 Å². The van der Waals surface area contributed by atoms with E-state index >= 15 is 0 Å². The van der Waals surface area contributed by atoms with Crippen LogP contribution in [0.2, 0.25) is 0 Å². The smallest absolute Gasteiger partial charge is 0.287 e. The molecule has 0 aromatic carbocycles. The van der Waals surface area contributed by atoms with Gasteiger partial charge in [0.2, 0.25) is 0 Å². The van der Waals surface area contributed by atoms with Crippen LogP contribution >= 0.6 is 28.3 Å².